The van der Waals surface area contributed by atoms with Gasteiger partial charge in [0.05, 0.1) is 12.1 Å². The van der Waals surface area contributed by atoms with Crippen molar-refractivity contribution in [2.24, 2.45) is 0 Å². The van der Waals surface area contributed by atoms with Gasteiger partial charge in [0.25, 0.3) is 5.91 Å². The molecule has 1 aromatic heterocycles. The molecule has 0 fully saturated rings. The Hall–Kier alpha value is -3.73. The summed E-state index contributed by atoms with van der Waals surface area (Å²) >= 11 is 0. The number of nitrogens with one attached hydrogen (secondary N) is 2. The molecule has 0 radical (unpaired) electrons. The van der Waals surface area contributed by atoms with Crippen LogP contribution in [0.3, 0.4) is 0 Å². The second-order valence-electron chi connectivity index (χ2n) is 8.21. The van der Waals surface area contributed by atoms with Gasteiger partial charge in [-0.25, -0.2) is 4.68 Å². The van der Waals surface area contributed by atoms with Crippen molar-refractivity contribution in [1.29, 1.82) is 0 Å². The van der Waals surface area contributed by atoms with Gasteiger partial charge in [0.2, 0.25) is 6.79 Å². The SMILES string of the molecule is CC(O)c1ccc(NC(=O)c2cc3n(n2)C(C(F)(F)F)CC(c2ccc4c(c2)OCO4)N3)cc1. The maximum Gasteiger partial charge on any atom is 0.410 e. The van der Waals surface area contributed by atoms with Crippen LogP contribution in [-0.2, 0) is 0 Å². The zero-order valence-corrected chi connectivity index (χ0v) is 18.0. The first kappa shape index (κ1) is 22.1. The van der Waals surface area contributed by atoms with Gasteiger partial charge in [-0.2, -0.15) is 18.3 Å². The molecule has 2 aromatic carbocycles. The fourth-order valence-electron chi connectivity index (χ4n) is 4.07. The number of rotatable bonds is 4. The van der Waals surface area contributed by atoms with Crippen molar-refractivity contribution in [2.45, 2.75) is 37.7 Å². The average molecular weight is 474 g/mol. The number of amides is 1. The monoisotopic (exact) mass is 474 g/mol. The number of benzene rings is 2. The molecule has 178 valence electrons. The Morgan fingerprint density at radius 3 is 2.62 bits per heavy atom. The lowest BCUT2D eigenvalue weighted by molar-refractivity contribution is -0.173. The largest absolute Gasteiger partial charge is 0.454 e. The van der Waals surface area contributed by atoms with E-state index in [4.69, 9.17) is 9.47 Å². The van der Waals surface area contributed by atoms with Gasteiger partial charge in [-0.15, -0.1) is 0 Å². The van der Waals surface area contributed by atoms with E-state index in [9.17, 15) is 23.1 Å². The van der Waals surface area contributed by atoms with E-state index >= 15 is 0 Å². The molecule has 0 spiro atoms. The molecule has 0 saturated carbocycles. The first-order valence-corrected chi connectivity index (χ1v) is 10.6. The van der Waals surface area contributed by atoms with Crippen LogP contribution < -0.4 is 20.1 Å². The van der Waals surface area contributed by atoms with Crippen LogP contribution in [0.25, 0.3) is 0 Å². The molecule has 3 atom stereocenters. The molecule has 2 aliphatic heterocycles. The number of halogens is 3. The minimum atomic E-state index is -4.57. The summed E-state index contributed by atoms with van der Waals surface area (Å²) in [6.45, 7) is 1.68. The molecular weight excluding hydrogens is 453 g/mol. The lowest BCUT2D eigenvalue weighted by Gasteiger charge is -2.33. The number of aliphatic hydroxyl groups excluding tert-OH is 1. The van der Waals surface area contributed by atoms with Crippen molar-refractivity contribution in [1.82, 2.24) is 9.78 Å². The summed E-state index contributed by atoms with van der Waals surface area (Å²) in [4.78, 5) is 12.7. The van der Waals surface area contributed by atoms with Gasteiger partial charge in [-0.1, -0.05) is 18.2 Å². The lowest BCUT2D eigenvalue weighted by Crippen LogP contribution is -2.35. The molecule has 3 unspecified atom stereocenters. The number of nitrogens with zero attached hydrogens (tertiary/aromatic N) is 2. The van der Waals surface area contributed by atoms with Gasteiger partial charge < -0.3 is 25.2 Å². The molecule has 8 nitrogen and oxygen atoms in total. The number of anilines is 2. The van der Waals surface area contributed by atoms with E-state index in [1.807, 2.05) is 0 Å². The van der Waals surface area contributed by atoms with Gasteiger partial charge in [0.1, 0.15) is 5.82 Å². The lowest BCUT2D eigenvalue weighted by atomic mass is 9.96. The first-order chi connectivity index (χ1) is 16.2. The van der Waals surface area contributed by atoms with E-state index in [1.54, 1.807) is 49.4 Å². The summed E-state index contributed by atoms with van der Waals surface area (Å²) in [5, 5.41) is 19.2. The van der Waals surface area contributed by atoms with Crippen LogP contribution in [0.4, 0.5) is 24.7 Å². The molecule has 3 N–H and O–H groups in total. The Balaban J connectivity index is 1.41. The molecular formula is C23H21F3N4O4. The maximum atomic E-state index is 13.9. The van der Waals surface area contributed by atoms with Crippen LogP contribution in [0.2, 0.25) is 0 Å². The van der Waals surface area contributed by atoms with Crippen LogP contribution in [0, 0.1) is 0 Å². The molecule has 11 heteroatoms. The van der Waals surface area contributed by atoms with Crippen LogP contribution >= 0.6 is 0 Å². The van der Waals surface area contributed by atoms with Crippen molar-refractivity contribution in [3.63, 3.8) is 0 Å². The van der Waals surface area contributed by atoms with Gasteiger partial charge in [-0.05, 0) is 42.3 Å². The Bertz CT molecular complexity index is 1220. The number of carbonyl (C=O) groups is 1. The Morgan fingerprint density at radius 2 is 1.91 bits per heavy atom. The van der Waals surface area contributed by atoms with Crippen molar-refractivity contribution < 1.29 is 32.5 Å². The maximum absolute atomic E-state index is 13.9. The fourth-order valence-corrected chi connectivity index (χ4v) is 4.07. The summed E-state index contributed by atoms with van der Waals surface area (Å²) in [5.74, 6) is 0.459. The number of fused-ring (bicyclic) bond motifs is 2. The second kappa shape index (κ2) is 8.24. The fraction of sp³-hybridized carbons (Fsp3) is 0.304. The third-order valence-corrected chi connectivity index (χ3v) is 5.87. The topological polar surface area (TPSA) is 97.6 Å². The minimum Gasteiger partial charge on any atom is -0.454 e. The number of aromatic nitrogens is 2. The standard InChI is InChI=1S/C23H21F3N4O4/c1-12(31)13-2-5-15(6-3-13)27-22(32)17-10-21-28-16(9-20(23(24,25)26)30(21)29-17)14-4-7-18-19(8-14)34-11-33-18/h2-8,10,12,16,20,28,31H,9,11H2,1H3,(H,27,32). The van der Waals surface area contributed by atoms with Gasteiger partial charge >= 0.3 is 6.18 Å². The summed E-state index contributed by atoms with van der Waals surface area (Å²) in [5.41, 5.74) is 1.55. The van der Waals surface area contributed by atoms with Gasteiger partial charge in [-0.3, -0.25) is 4.79 Å². The second-order valence-corrected chi connectivity index (χ2v) is 8.21. The van der Waals surface area contributed by atoms with E-state index < -0.39 is 30.3 Å². The Morgan fingerprint density at radius 1 is 1.18 bits per heavy atom. The van der Waals surface area contributed by atoms with E-state index in [0.717, 1.165) is 4.68 Å². The Labute approximate surface area is 192 Å². The number of ether oxygens (including phenoxy) is 2. The third kappa shape index (κ3) is 4.14. The number of carbonyl (C=O) groups excluding carboxylic acids is 1. The Kier molecular flexibility index (Phi) is 5.35. The molecule has 2 aliphatic rings. The highest BCUT2D eigenvalue weighted by Crippen LogP contribution is 2.45. The molecule has 34 heavy (non-hydrogen) atoms. The summed E-state index contributed by atoms with van der Waals surface area (Å²) in [6.07, 6.45) is -5.53. The minimum absolute atomic E-state index is 0.0645. The van der Waals surface area contributed by atoms with Crippen molar-refractivity contribution in [3.05, 3.63) is 65.4 Å². The molecule has 3 heterocycles. The highest BCUT2D eigenvalue weighted by Gasteiger charge is 2.47. The van der Waals surface area contributed by atoms with E-state index in [-0.39, 0.29) is 24.7 Å². The molecule has 1 amide bonds. The quantitative estimate of drug-likeness (QED) is 0.512. The molecule has 0 aliphatic carbocycles. The molecule has 0 saturated heterocycles. The summed E-state index contributed by atoms with van der Waals surface area (Å²) in [6, 6.07) is 10.2. The first-order valence-electron chi connectivity index (χ1n) is 10.6. The molecule has 3 aromatic rings. The smallest absolute Gasteiger partial charge is 0.410 e. The van der Waals surface area contributed by atoms with Gasteiger partial charge in [0.15, 0.2) is 23.2 Å². The number of hydrogen-bond acceptors (Lipinski definition) is 6. The predicted octanol–water partition coefficient (Wildman–Crippen LogP) is 4.58. The summed E-state index contributed by atoms with van der Waals surface area (Å²) in [7, 11) is 0. The van der Waals surface area contributed by atoms with Crippen molar-refractivity contribution in [2.75, 3.05) is 17.4 Å². The highest BCUT2D eigenvalue weighted by atomic mass is 19.4. The van der Waals surface area contributed by atoms with Crippen LogP contribution in [0.5, 0.6) is 11.5 Å². The van der Waals surface area contributed by atoms with Crippen molar-refractivity contribution in [3.8, 4) is 11.5 Å². The van der Waals surface area contributed by atoms with Crippen LogP contribution in [-0.4, -0.2) is 33.8 Å². The summed E-state index contributed by atoms with van der Waals surface area (Å²) < 4.78 is 53.2. The average Bonchev–Trinajstić information content (AvgIpc) is 3.44. The molecule has 0 bridgehead atoms. The zero-order chi connectivity index (χ0) is 24.0. The van der Waals surface area contributed by atoms with Crippen molar-refractivity contribution >= 4 is 17.4 Å². The van der Waals surface area contributed by atoms with E-state index in [2.05, 4.69) is 15.7 Å². The zero-order valence-electron chi connectivity index (χ0n) is 18.0. The predicted molar refractivity (Wildman–Crippen MR) is 116 cm³/mol. The number of alkyl halides is 3. The third-order valence-electron chi connectivity index (χ3n) is 5.87. The van der Waals surface area contributed by atoms with E-state index in [1.165, 1.54) is 6.07 Å². The van der Waals surface area contributed by atoms with Gasteiger partial charge in [0, 0.05) is 18.2 Å². The van der Waals surface area contributed by atoms with Crippen LogP contribution in [0.15, 0.2) is 48.5 Å². The number of aliphatic hydroxyl groups is 1. The normalized spacial score (nSPS) is 19.8. The van der Waals surface area contributed by atoms with Crippen LogP contribution in [0.1, 0.15) is 53.1 Å². The van der Waals surface area contributed by atoms with E-state index in [0.29, 0.717) is 28.3 Å². The highest BCUT2D eigenvalue weighted by molar-refractivity contribution is 6.03. The molecule has 5 rings (SSSR count). The number of hydrogen-bond donors (Lipinski definition) is 3.